The Morgan fingerprint density at radius 2 is 1.93 bits per heavy atom. The lowest BCUT2D eigenvalue weighted by Crippen LogP contribution is -2.42. The van der Waals surface area contributed by atoms with Crippen LogP contribution >= 0.6 is 11.6 Å². The summed E-state index contributed by atoms with van der Waals surface area (Å²) in [6, 6.07) is 0.515. The molecule has 1 atom stereocenters. The van der Waals surface area contributed by atoms with Gasteiger partial charge in [-0.05, 0) is 62.8 Å². The van der Waals surface area contributed by atoms with Crippen LogP contribution in [-0.4, -0.2) is 16.7 Å². The lowest BCUT2D eigenvalue weighted by molar-refractivity contribution is -0.126. The molecule has 1 aromatic rings. The van der Waals surface area contributed by atoms with Crippen LogP contribution in [0.5, 0.6) is 5.75 Å². The van der Waals surface area contributed by atoms with Gasteiger partial charge < -0.3 is 10.4 Å². The van der Waals surface area contributed by atoms with Crippen molar-refractivity contribution in [3.63, 3.8) is 0 Å². The highest BCUT2D eigenvalue weighted by Crippen LogP contribution is 2.64. The molecule has 2 N–H and O–H groups in total. The number of benzene rings is 1. The van der Waals surface area contributed by atoms with E-state index in [4.69, 9.17) is 11.6 Å². The van der Waals surface area contributed by atoms with Gasteiger partial charge in [0.1, 0.15) is 5.67 Å². The Kier molecular flexibility index (Phi) is 4.65. The topological polar surface area (TPSA) is 49.3 Å². The molecule has 6 heteroatoms. The van der Waals surface area contributed by atoms with E-state index in [2.05, 4.69) is 5.32 Å². The van der Waals surface area contributed by atoms with Crippen LogP contribution in [0.1, 0.15) is 75.0 Å². The second-order valence-corrected chi connectivity index (χ2v) is 9.25. The number of fused-ring (bicyclic) bond motifs is 2. The van der Waals surface area contributed by atoms with Gasteiger partial charge in [-0.2, -0.15) is 0 Å². The second kappa shape index (κ2) is 6.61. The van der Waals surface area contributed by atoms with Crippen molar-refractivity contribution in [2.24, 2.45) is 11.3 Å². The molecule has 148 valence electrons. The molecule has 0 heterocycles. The zero-order valence-electron chi connectivity index (χ0n) is 15.6. The molecule has 0 aromatic heterocycles. The Hall–Kier alpha value is -1.36. The maximum atomic E-state index is 15.0. The SMILES string of the molecule is Cc1c(Cl)cc(O)c(F)c1[C@@H](NC(=O)C1CCCC1)C12CCC(F)(CC1)C2. The molecule has 1 aromatic carbocycles. The molecule has 3 fully saturated rings. The number of carbonyl (C=O) groups is 1. The highest BCUT2D eigenvalue weighted by molar-refractivity contribution is 6.31. The summed E-state index contributed by atoms with van der Waals surface area (Å²) in [5.74, 6) is -1.45. The maximum Gasteiger partial charge on any atom is 0.223 e. The molecule has 0 aliphatic heterocycles. The van der Waals surface area contributed by atoms with Gasteiger partial charge in [-0.1, -0.05) is 24.4 Å². The lowest BCUT2D eigenvalue weighted by Gasteiger charge is -2.38. The number of hydrogen-bond acceptors (Lipinski definition) is 2. The molecule has 3 aliphatic rings. The Labute approximate surface area is 163 Å². The minimum atomic E-state index is -1.22. The van der Waals surface area contributed by atoms with Gasteiger partial charge in [0.15, 0.2) is 11.6 Å². The summed E-state index contributed by atoms with van der Waals surface area (Å²) < 4.78 is 30.0. The van der Waals surface area contributed by atoms with Crippen molar-refractivity contribution in [2.45, 2.75) is 76.4 Å². The predicted molar refractivity (Wildman–Crippen MR) is 100 cm³/mol. The molecular formula is C21H26ClF2NO2. The fourth-order valence-electron chi connectivity index (χ4n) is 5.62. The number of phenols is 1. The minimum Gasteiger partial charge on any atom is -0.505 e. The first-order valence-corrected chi connectivity index (χ1v) is 10.3. The molecule has 3 aliphatic carbocycles. The first kappa shape index (κ1) is 19.0. The number of rotatable bonds is 4. The molecule has 2 bridgehead atoms. The van der Waals surface area contributed by atoms with E-state index in [0.29, 0.717) is 37.7 Å². The normalized spacial score (nSPS) is 31.4. The highest BCUT2D eigenvalue weighted by Gasteiger charge is 2.59. The van der Waals surface area contributed by atoms with Gasteiger partial charge in [0.25, 0.3) is 0 Å². The van der Waals surface area contributed by atoms with E-state index in [1.165, 1.54) is 6.07 Å². The molecule has 0 spiro atoms. The number of halogens is 3. The van der Waals surface area contributed by atoms with Crippen LogP contribution in [0.3, 0.4) is 0 Å². The van der Waals surface area contributed by atoms with E-state index in [1.807, 2.05) is 0 Å². The van der Waals surface area contributed by atoms with Gasteiger partial charge in [0.2, 0.25) is 5.91 Å². The Balaban J connectivity index is 1.77. The summed E-state index contributed by atoms with van der Waals surface area (Å²) in [6.45, 7) is 1.69. The van der Waals surface area contributed by atoms with E-state index >= 15 is 4.39 Å². The average molecular weight is 398 g/mol. The van der Waals surface area contributed by atoms with Gasteiger partial charge >= 0.3 is 0 Å². The van der Waals surface area contributed by atoms with Gasteiger partial charge in [-0.15, -0.1) is 0 Å². The molecule has 27 heavy (non-hydrogen) atoms. The van der Waals surface area contributed by atoms with Crippen molar-refractivity contribution in [1.82, 2.24) is 5.32 Å². The standard InChI is InChI=1S/C21H26ClF2NO2/c1-12-14(22)10-15(26)17(23)16(12)18(25-19(27)13-4-2-3-5-13)20-6-8-21(24,11-20)9-7-20/h10,13,18,26H,2-9,11H2,1H3,(H,25,27)/t18-,20?,21?/m1/s1. The number of alkyl halides is 1. The average Bonchev–Trinajstić information content (AvgIpc) is 3.34. The van der Waals surface area contributed by atoms with Crippen molar-refractivity contribution in [3.8, 4) is 5.75 Å². The summed E-state index contributed by atoms with van der Waals surface area (Å²) in [4.78, 5) is 12.9. The van der Waals surface area contributed by atoms with E-state index in [9.17, 15) is 14.3 Å². The van der Waals surface area contributed by atoms with Crippen molar-refractivity contribution in [3.05, 3.63) is 28.0 Å². The monoisotopic (exact) mass is 397 g/mol. The van der Waals surface area contributed by atoms with E-state index < -0.39 is 28.7 Å². The van der Waals surface area contributed by atoms with Crippen molar-refractivity contribution >= 4 is 17.5 Å². The maximum absolute atomic E-state index is 15.0. The van der Waals surface area contributed by atoms with Crippen LogP contribution in [0.25, 0.3) is 0 Å². The summed E-state index contributed by atoms with van der Waals surface area (Å²) in [6.07, 6.45) is 6.12. The largest absolute Gasteiger partial charge is 0.505 e. The van der Waals surface area contributed by atoms with Crippen LogP contribution < -0.4 is 5.32 Å². The number of aromatic hydroxyl groups is 1. The molecule has 4 rings (SSSR count). The first-order chi connectivity index (χ1) is 12.7. The summed E-state index contributed by atoms with van der Waals surface area (Å²) in [5.41, 5.74) is -1.02. The van der Waals surface area contributed by atoms with Gasteiger partial charge in [-0.25, -0.2) is 8.78 Å². The van der Waals surface area contributed by atoms with E-state index in [1.54, 1.807) is 6.92 Å². The van der Waals surface area contributed by atoms with Gasteiger partial charge in [-0.3, -0.25) is 4.79 Å². The Bertz CT molecular complexity index is 742. The van der Waals surface area contributed by atoms with Crippen molar-refractivity contribution in [2.75, 3.05) is 0 Å². The van der Waals surface area contributed by atoms with Gasteiger partial charge in [0.05, 0.1) is 6.04 Å². The number of phenolic OH excluding ortho intramolecular Hbond substituents is 1. The summed E-state index contributed by atoms with van der Waals surface area (Å²) in [5, 5.41) is 13.3. The molecule has 3 nitrogen and oxygen atoms in total. The van der Waals surface area contributed by atoms with E-state index in [-0.39, 0.29) is 22.4 Å². The fraction of sp³-hybridized carbons (Fsp3) is 0.667. The minimum absolute atomic E-state index is 0.0713. The summed E-state index contributed by atoms with van der Waals surface area (Å²) >= 11 is 6.22. The molecule has 3 saturated carbocycles. The predicted octanol–water partition coefficient (Wildman–Crippen LogP) is 5.51. The summed E-state index contributed by atoms with van der Waals surface area (Å²) in [7, 11) is 0. The highest BCUT2D eigenvalue weighted by atomic mass is 35.5. The first-order valence-electron chi connectivity index (χ1n) is 9.91. The Morgan fingerprint density at radius 3 is 2.48 bits per heavy atom. The smallest absolute Gasteiger partial charge is 0.223 e. The Morgan fingerprint density at radius 1 is 1.30 bits per heavy atom. The number of carbonyl (C=O) groups excluding carboxylic acids is 1. The van der Waals surface area contributed by atoms with Crippen molar-refractivity contribution < 1.29 is 18.7 Å². The third kappa shape index (κ3) is 3.12. The second-order valence-electron chi connectivity index (χ2n) is 8.84. The van der Waals surface area contributed by atoms with Crippen LogP contribution in [0, 0.1) is 24.1 Å². The van der Waals surface area contributed by atoms with Crippen LogP contribution in [0.4, 0.5) is 8.78 Å². The van der Waals surface area contributed by atoms with Gasteiger partial charge in [0, 0.05) is 22.6 Å². The number of nitrogens with one attached hydrogen (secondary N) is 1. The number of hydrogen-bond donors (Lipinski definition) is 2. The fourth-order valence-corrected chi connectivity index (χ4v) is 5.82. The third-order valence-electron chi connectivity index (χ3n) is 7.21. The molecular weight excluding hydrogens is 372 g/mol. The van der Waals surface area contributed by atoms with Crippen LogP contribution in [0.15, 0.2) is 6.07 Å². The molecule has 0 saturated heterocycles. The molecule has 1 amide bonds. The third-order valence-corrected chi connectivity index (χ3v) is 7.60. The quantitative estimate of drug-likeness (QED) is 0.703. The zero-order valence-corrected chi connectivity index (χ0v) is 16.3. The molecule has 0 unspecified atom stereocenters. The molecule has 0 radical (unpaired) electrons. The van der Waals surface area contributed by atoms with Crippen LogP contribution in [-0.2, 0) is 4.79 Å². The lowest BCUT2D eigenvalue weighted by atomic mass is 9.73. The van der Waals surface area contributed by atoms with Crippen molar-refractivity contribution in [1.29, 1.82) is 0 Å². The van der Waals surface area contributed by atoms with Crippen LogP contribution in [0.2, 0.25) is 5.02 Å². The zero-order chi connectivity index (χ0) is 19.4. The van der Waals surface area contributed by atoms with E-state index in [0.717, 1.165) is 25.7 Å². The number of amides is 1.